The monoisotopic (exact) mass is 273 g/mol. The summed E-state index contributed by atoms with van der Waals surface area (Å²) in [7, 11) is 0. The number of nitro groups is 1. The van der Waals surface area contributed by atoms with Crippen LogP contribution in [0.25, 0.3) is 0 Å². The summed E-state index contributed by atoms with van der Waals surface area (Å²) in [6, 6.07) is 1.81. The van der Waals surface area contributed by atoms with Crippen LogP contribution in [0.15, 0.2) is 24.8 Å². The maximum absolute atomic E-state index is 11.0. The van der Waals surface area contributed by atoms with Gasteiger partial charge in [-0.3, -0.25) is 15.1 Å². The van der Waals surface area contributed by atoms with E-state index in [0.29, 0.717) is 29.9 Å². The Hall–Kier alpha value is -2.41. The highest BCUT2D eigenvalue weighted by atomic mass is 16.6. The molecule has 20 heavy (non-hydrogen) atoms. The zero-order valence-corrected chi connectivity index (χ0v) is 11.3. The normalized spacial score (nSPS) is 10.5. The van der Waals surface area contributed by atoms with Gasteiger partial charge in [-0.2, -0.15) is 0 Å². The van der Waals surface area contributed by atoms with E-state index >= 15 is 0 Å². The third-order valence-electron chi connectivity index (χ3n) is 3.00. The van der Waals surface area contributed by atoms with Crippen LogP contribution in [0, 0.1) is 24.0 Å². The van der Waals surface area contributed by atoms with Crippen LogP contribution in [0.4, 0.5) is 5.69 Å². The number of nitrogens with zero attached hydrogens (tertiary/aromatic N) is 4. The second-order valence-corrected chi connectivity index (χ2v) is 4.42. The van der Waals surface area contributed by atoms with Gasteiger partial charge in [0.15, 0.2) is 0 Å². The van der Waals surface area contributed by atoms with Crippen molar-refractivity contribution in [2.24, 2.45) is 0 Å². The van der Waals surface area contributed by atoms with Gasteiger partial charge in [-0.05, 0) is 19.9 Å². The predicted octanol–water partition coefficient (Wildman–Crippen LogP) is 1.69. The van der Waals surface area contributed by atoms with E-state index in [2.05, 4.69) is 20.3 Å². The van der Waals surface area contributed by atoms with Crippen molar-refractivity contribution >= 4 is 5.69 Å². The minimum Gasteiger partial charge on any atom is -0.305 e. The first-order valence-corrected chi connectivity index (χ1v) is 6.14. The Morgan fingerprint density at radius 2 is 2.10 bits per heavy atom. The molecular formula is C13H15N5O2. The largest absolute Gasteiger partial charge is 0.305 e. The molecule has 0 saturated heterocycles. The summed E-state index contributed by atoms with van der Waals surface area (Å²) in [5, 5.41) is 14.2. The van der Waals surface area contributed by atoms with Gasteiger partial charge in [0, 0.05) is 36.6 Å². The molecule has 0 radical (unpaired) electrons. The highest BCUT2D eigenvalue weighted by Gasteiger charge is 2.18. The smallest absolute Gasteiger partial charge is 0.278 e. The van der Waals surface area contributed by atoms with E-state index in [1.807, 2.05) is 6.07 Å². The first kappa shape index (κ1) is 14.0. The van der Waals surface area contributed by atoms with Crippen LogP contribution in [-0.2, 0) is 13.1 Å². The van der Waals surface area contributed by atoms with Gasteiger partial charge < -0.3 is 5.32 Å². The number of pyridine rings is 1. The highest BCUT2D eigenvalue weighted by Crippen LogP contribution is 2.23. The van der Waals surface area contributed by atoms with E-state index < -0.39 is 0 Å². The molecule has 1 N–H and O–H groups in total. The topological polar surface area (TPSA) is 93.8 Å². The van der Waals surface area contributed by atoms with E-state index in [4.69, 9.17) is 0 Å². The number of rotatable bonds is 5. The van der Waals surface area contributed by atoms with Crippen molar-refractivity contribution in [3.63, 3.8) is 0 Å². The number of nitrogens with one attached hydrogen (secondary N) is 1. The lowest BCUT2D eigenvalue weighted by Crippen LogP contribution is -2.16. The van der Waals surface area contributed by atoms with Crippen LogP contribution in [0.5, 0.6) is 0 Å². The minimum atomic E-state index is -0.361. The first-order valence-electron chi connectivity index (χ1n) is 6.14. The van der Waals surface area contributed by atoms with Crippen molar-refractivity contribution in [2.45, 2.75) is 26.9 Å². The SMILES string of the molecule is Cc1cnc(CNCc2ccncn2)c(C)c1[N+](=O)[O-]. The molecule has 0 atom stereocenters. The quantitative estimate of drug-likeness (QED) is 0.658. The molecule has 0 aromatic carbocycles. The summed E-state index contributed by atoms with van der Waals surface area (Å²) in [4.78, 5) is 22.9. The van der Waals surface area contributed by atoms with Crippen molar-refractivity contribution in [3.8, 4) is 0 Å². The van der Waals surface area contributed by atoms with Crippen molar-refractivity contribution < 1.29 is 4.92 Å². The zero-order chi connectivity index (χ0) is 14.5. The van der Waals surface area contributed by atoms with E-state index in [9.17, 15) is 10.1 Å². The van der Waals surface area contributed by atoms with Crippen LogP contribution in [-0.4, -0.2) is 19.9 Å². The molecule has 0 aliphatic carbocycles. The number of hydrogen-bond acceptors (Lipinski definition) is 6. The van der Waals surface area contributed by atoms with Gasteiger partial charge in [0.25, 0.3) is 5.69 Å². The van der Waals surface area contributed by atoms with Gasteiger partial charge in [-0.15, -0.1) is 0 Å². The summed E-state index contributed by atoms with van der Waals surface area (Å²) in [5.74, 6) is 0. The minimum absolute atomic E-state index is 0.138. The van der Waals surface area contributed by atoms with E-state index in [1.165, 1.54) is 12.5 Å². The summed E-state index contributed by atoms with van der Waals surface area (Å²) in [5.41, 5.74) is 2.85. The molecule has 7 nitrogen and oxygen atoms in total. The van der Waals surface area contributed by atoms with Gasteiger partial charge in [-0.25, -0.2) is 9.97 Å². The van der Waals surface area contributed by atoms with Crippen LogP contribution in [0.1, 0.15) is 22.5 Å². The molecule has 104 valence electrons. The molecule has 0 spiro atoms. The van der Waals surface area contributed by atoms with Gasteiger partial charge in [0.05, 0.1) is 16.3 Å². The third kappa shape index (κ3) is 3.12. The maximum Gasteiger partial charge on any atom is 0.278 e. The van der Waals surface area contributed by atoms with E-state index in [0.717, 1.165) is 5.69 Å². The standard InChI is InChI=1S/C13H15N5O2/c1-9-5-16-12(10(2)13(9)18(19)20)7-15-6-11-3-4-14-8-17-11/h3-5,8,15H,6-7H2,1-2H3. The molecule has 2 aromatic heterocycles. The fourth-order valence-corrected chi connectivity index (χ4v) is 1.96. The first-order chi connectivity index (χ1) is 9.59. The van der Waals surface area contributed by atoms with E-state index in [-0.39, 0.29) is 10.6 Å². The summed E-state index contributed by atoms with van der Waals surface area (Å²) in [6.45, 7) is 4.43. The second kappa shape index (κ2) is 6.16. The average Bonchev–Trinajstić information content (AvgIpc) is 2.42. The molecule has 0 fully saturated rings. The molecule has 7 heteroatoms. The lowest BCUT2D eigenvalue weighted by atomic mass is 10.1. The molecule has 2 heterocycles. The van der Waals surface area contributed by atoms with Crippen LogP contribution < -0.4 is 5.32 Å². The summed E-state index contributed by atoms with van der Waals surface area (Å²) < 4.78 is 0. The fraction of sp³-hybridized carbons (Fsp3) is 0.308. The zero-order valence-electron chi connectivity index (χ0n) is 11.3. The molecule has 0 amide bonds. The molecule has 0 saturated carbocycles. The average molecular weight is 273 g/mol. The Morgan fingerprint density at radius 1 is 1.30 bits per heavy atom. The lowest BCUT2D eigenvalue weighted by Gasteiger charge is -2.08. The van der Waals surface area contributed by atoms with Crippen molar-refractivity contribution in [1.29, 1.82) is 0 Å². The molecule has 0 aliphatic heterocycles. The van der Waals surface area contributed by atoms with Crippen LogP contribution in [0.3, 0.4) is 0 Å². The number of aryl methyl sites for hydroxylation is 1. The van der Waals surface area contributed by atoms with Crippen molar-refractivity contribution in [2.75, 3.05) is 0 Å². The number of hydrogen-bond donors (Lipinski definition) is 1. The summed E-state index contributed by atoms with van der Waals surface area (Å²) >= 11 is 0. The van der Waals surface area contributed by atoms with Gasteiger partial charge in [0.1, 0.15) is 6.33 Å². The Bertz CT molecular complexity index is 616. The maximum atomic E-state index is 11.0. The molecule has 0 unspecified atom stereocenters. The molecule has 0 aliphatic rings. The third-order valence-corrected chi connectivity index (χ3v) is 3.00. The predicted molar refractivity (Wildman–Crippen MR) is 72.9 cm³/mol. The van der Waals surface area contributed by atoms with E-state index in [1.54, 1.807) is 20.0 Å². The lowest BCUT2D eigenvalue weighted by molar-refractivity contribution is -0.386. The Labute approximate surface area is 116 Å². The van der Waals surface area contributed by atoms with Gasteiger partial charge in [0.2, 0.25) is 0 Å². The van der Waals surface area contributed by atoms with Crippen molar-refractivity contribution in [1.82, 2.24) is 20.3 Å². The summed E-state index contributed by atoms with van der Waals surface area (Å²) in [6.07, 6.45) is 4.69. The fourth-order valence-electron chi connectivity index (χ4n) is 1.96. The van der Waals surface area contributed by atoms with Crippen LogP contribution >= 0.6 is 0 Å². The molecule has 0 bridgehead atoms. The Morgan fingerprint density at radius 3 is 2.75 bits per heavy atom. The van der Waals surface area contributed by atoms with Crippen LogP contribution in [0.2, 0.25) is 0 Å². The van der Waals surface area contributed by atoms with Gasteiger partial charge >= 0.3 is 0 Å². The molecular weight excluding hydrogens is 258 g/mol. The van der Waals surface area contributed by atoms with Gasteiger partial charge in [-0.1, -0.05) is 0 Å². The highest BCUT2D eigenvalue weighted by molar-refractivity contribution is 5.47. The Balaban J connectivity index is 2.07. The Kier molecular flexibility index (Phi) is 4.31. The molecule has 2 rings (SSSR count). The number of aromatic nitrogens is 3. The molecule has 2 aromatic rings. The second-order valence-electron chi connectivity index (χ2n) is 4.42. The van der Waals surface area contributed by atoms with Crippen molar-refractivity contribution in [3.05, 3.63) is 57.4 Å².